The molecule has 0 saturated carbocycles. The van der Waals surface area contributed by atoms with Gasteiger partial charge in [0.2, 0.25) is 0 Å². The van der Waals surface area contributed by atoms with Gasteiger partial charge in [-0.05, 0) is 58.4 Å². The van der Waals surface area contributed by atoms with E-state index in [1.807, 2.05) is 0 Å². The molecule has 3 rings (SSSR count). The van der Waals surface area contributed by atoms with Crippen molar-refractivity contribution in [3.8, 4) is 0 Å². The molecule has 2 aliphatic rings. The third kappa shape index (κ3) is 1.20. The molecule has 0 saturated heterocycles. The highest BCUT2D eigenvalue weighted by atomic mass is 32.1. The quantitative estimate of drug-likeness (QED) is 0.638. The van der Waals surface area contributed by atoms with Gasteiger partial charge in [0, 0.05) is 0 Å². The molecule has 1 aromatic rings. The highest BCUT2D eigenvalue weighted by Crippen LogP contribution is 2.39. The molecule has 0 spiro atoms. The molecule has 2 aliphatic carbocycles. The molecule has 0 N–H and O–H groups in total. The maximum absolute atomic E-state index is 2.38. The minimum atomic E-state index is 1.14. The minimum absolute atomic E-state index is 1.14. The Morgan fingerprint density at radius 3 is 3.14 bits per heavy atom. The normalized spacial score (nSPS) is 19.9. The van der Waals surface area contributed by atoms with Crippen molar-refractivity contribution in [2.24, 2.45) is 0 Å². The molecular formula is C13H12S. The van der Waals surface area contributed by atoms with Crippen LogP contribution in [0.3, 0.4) is 0 Å². The third-order valence-electron chi connectivity index (χ3n) is 2.95. The van der Waals surface area contributed by atoms with E-state index in [4.69, 9.17) is 0 Å². The van der Waals surface area contributed by atoms with Gasteiger partial charge in [0.25, 0.3) is 0 Å². The van der Waals surface area contributed by atoms with E-state index in [-0.39, 0.29) is 0 Å². The topological polar surface area (TPSA) is 0 Å². The number of hydrogen-bond donors (Lipinski definition) is 0. The zero-order valence-electron chi connectivity index (χ0n) is 7.99. The van der Waals surface area contributed by atoms with Crippen LogP contribution in [0.25, 0.3) is 5.57 Å². The van der Waals surface area contributed by atoms with E-state index in [0.29, 0.717) is 0 Å². The summed E-state index contributed by atoms with van der Waals surface area (Å²) in [6.45, 7) is 0. The van der Waals surface area contributed by atoms with E-state index in [0.717, 1.165) is 6.42 Å². The molecule has 14 heavy (non-hydrogen) atoms. The first-order valence-corrected chi connectivity index (χ1v) is 6.01. The number of thiophene rings is 1. The fraction of sp³-hybridized carbons (Fsp3) is 0.231. The zero-order valence-corrected chi connectivity index (χ0v) is 8.81. The van der Waals surface area contributed by atoms with E-state index < -0.39 is 0 Å². The van der Waals surface area contributed by atoms with Crippen molar-refractivity contribution >= 4 is 16.9 Å². The number of allylic oxidation sites excluding steroid dienone is 6. The number of hydrogen-bond acceptors (Lipinski definition) is 1. The number of rotatable bonds is 1. The van der Waals surface area contributed by atoms with Crippen LogP contribution in [0, 0.1) is 0 Å². The second kappa shape index (κ2) is 3.25. The van der Waals surface area contributed by atoms with Gasteiger partial charge in [0.1, 0.15) is 0 Å². The highest BCUT2D eigenvalue weighted by Gasteiger charge is 2.18. The van der Waals surface area contributed by atoms with Crippen molar-refractivity contribution in [1.29, 1.82) is 0 Å². The Hall–Kier alpha value is -1.08. The Labute approximate surface area is 88.3 Å². The summed E-state index contributed by atoms with van der Waals surface area (Å²) in [5.74, 6) is 0. The SMILES string of the molecule is C1=CC2=C(CC1)C(c1ccsc1)=CC2. The molecule has 0 nitrogen and oxygen atoms in total. The van der Waals surface area contributed by atoms with Gasteiger partial charge in [-0.15, -0.1) is 0 Å². The van der Waals surface area contributed by atoms with Crippen molar-refractivity contribution in [3.63, 3.8) is 0 Å². The lowest BCUT2D eigenvalue weighted by molar-refractivity contribution is 0.977. The van der Waals surface area contributed by atoms with Crippen LogP contribution >= 0.6 is 11.3 Å². The average molecular weight is 200 g/mol. The van der Waals surface area contributed by atoms with E-state index in [1.54, 1.807) is 16.9 Å². The highest BCUT2D eigenvalue weighted by molar-refractivity contribution is 7.08. The lowest BCUT2D eigenvalue weighted by Crippen LogP contribution is -1.91. The fourth-order valence-corrected chi connectivity index (χ4v) is 2.91. The smallest absolute Gasteiger partial charge is 0.00147 e. The molecular weight excluding hydrogens is 188 g/mol. The minimum Gasteiger partial charge on any atom is -0.152 e. The van der Waals surface area contributed by atoms with Crippen LogP contribution in [0.15, 0.2) is 46.2 Å². The summed E-state index contributed by atoms with van der Waals surface area (Å²) in [5.41, 5.74) is 6.03. The van der Waals surface area contributed by atoms with Crippen molar-refractivity contribution in [2.45, 2.75) is 19.3 Å². The molecule has 1 heterocycles. The summed E-state index contributed by atoms with van der Waals surface area (Å²) in [6, 6.07) is 2.23. The van der Waals surface area contributed by atoms with Crippen LogP contribution in [0.2, 0.25) is 0 Å². The summed E-state index contributed by atoms with van der Waals surface area (Å²) >= 11 is 1.78. The molecule has 1 aromatic heterocycles. The first kappa shape index (κ1) is 8.25. The van der Waals surface area contributed by atoms with E-state index in [2.05, 4.69) is 35.1 Å². The molecule has 0 aromatic carbocycles. The zero-order chi connectivity index (χ0) is 9.38. The first-order chi connectivity index (χ1) is 6.95. The van der Waals surface area contributed by atoms with Crippen LogP contribution in [0.1, 0.15) is 24.8 Å². The van der Waals surface area contributed by atoms with Crippen molar-refractivity contribution in [1.82, 2.24) is 0 Å². The Morgan fingerprint density at radius 2 is 2.29 bits per heavy atom. The second-order valence-electron chi connectivity index (χ2n) is 3.78. The van der Waals surface area contributed by atoms with Gasteiger partial charge in [0.15, 0.2) is 0 Å². The Morgan fingerprint density at radius 1 is 1.29 bits per heavy atom. The predicted molar refractivity (Wildman–Crippen MR) is 62.3 cm³/mol. The van der Waals surface area contributed by atoms with Crippen LogP contribution in [-0.4, -0.2) is 0 Å². The van der Waals surface area contributed by atoms with E-state index in [1.165, 1.54) is 29.6 Å². The fourth-order valence-electron chi connectivity index (χ4n) is 2.26. The predicted octanol–water partition coefficient (Wildman–Crippen LogP) is 4.18. The Kier molecular flexibility index (Phi) is 1.91. The molecule has 0 atom stereocenters. The van der Waals surface area contributed by atoms with Crippen molar-refractivity contribution < 1.29 is 0 Å². The molecule has 0 fully saturated rings. The van der Waals surface area contributed by atoms with Crippen LogP contribution < -0.4 is 0 Å². The summed E-state index contributed by atoms with van der Waals surface area (Å²) in [6.07, 6.45) is 10.5. The monoisotopic (exact) mass is 200 g/mol. The van der Waals surface area contributed by atoms with Gasteiger partial charge in [0.05, 0.1) is 0 Å². The van der Waals surface area contributed by atoms with Crippen LogP contribution in [0.4, 0.5) is 0 Å². The molecule has 0 amide bonds. The van der Waals surface area contributed by atoms with E-state index in [9.17, 15) is 0 Å². The largest absolute Gasteiger partial charge is 0.152 e. The van der Waals surface area contributed by atoms with E-state index >= 15 is 0 Å². The van der Waals surface area contributed by atoms with Gasteiger partial charge in [-0.1, -0.05) is 18.2 Å². The summed E-state index contributed by atoms with van der Waals surface area (Å²) < 4.78 is 0. The lowest BCUT2D eigenvalue weighted by Gasteiger charge is -2.11. The van der Waals surface area contributed by atoms with Gasteiger partial charge in [-0.25, -0.2) is 0 Å². The van der Waals surface area contributed by atoms with Crippen molar-refractivity contribution in [3.05, 3.63) is 51.8 Å². The van der Waals surface area contributed by atoms with Gasteiger partial charge >= 0.3 is 0 Å². The molecule has 0 radical (unpaired) electrons. The molecule has 0 aliphatic heterocycles. The van der Waals surface area contributed by atoms with Gasteiger partial charge in [-0.3, -0.25) is 0 Å². The molecule has 0 bridgehead atoms. The maximum atomic E-state index is 2.38. The summed E-state index contributed by atoms with van der Waals surface area (Å²) in [7, 11) is 0. The van der Waals surface area contributed by atoms with Crippen LogP contribution in [0.5, 0.6) is 0 Å². The molecule has 0 unspecified atom stereocenters. The molecule has 1 heteroatoms. The maximum Gasteiger partial charge on any atom is -0.00147 e. The average Bonchev–Trinajstić information content (AvgIpc) is 2.85. The molecule has 70 valence electrons. The Balaban J connectivity index is 2.03. The summed E-state index contributed by atoms with van der Waals surface area (Å²) in [4.78, 5) is 0. The van der Waals surface area contributed by atoms with Gasteiger partial charge in [-0.2, -0.15) is 11.3 Å². The standard InChI is InChI=1S/C13H12S/c1-2-4-12-10(3-1)5-6-13(12)11-7-8-14-9-11/h1,3,6-9H,2,4-5H2. The third-order valence-corrected chi connectivity index (χ3v) is 3.63. The summed E-state index contributed by atoms with van der Waals surface area (Å²) in [5, 5.41) is 4.41. The first-order valence-electron chi connectivity index (χ1n) is 5.07. The Bertz CT molecular complexity index is 430. The van der Waals surface area contributed by atoms with Gasteiger partial charge < -0.3 is 0 Å². The van der Waals surface area contributed by atoms with Crippen molar-refractivity contribution in [2.75, 3.05) is 0 Å². The second-order valence-corrected chi connectivity index (χ2v) is 4.56. The van der Waals surface area contributed by atoms with Crippen LogP contribution in [-0.2, 0) is 0 Å². The lowest BCUT2D eigenvalue weighted by atomic mass is 9.93.